The van der Waals surface area contributed by atoms with Crippen molar-refractivity contribution >= 4 is 5.91 Å². The molecule has 0 aliphatic rings. The summed E-state index contributed by atoms with van der Waals surface area (Å²) in [5.41, 5.74) is 2.75. The zero-order valence-corrected chi connectivity index (χ0v) is 13.1. The fourth-order valence-electron chi connectivity index (χ4n) is 2.38. The number of hydrogen-bond acceptors (Lipinski definition) is 4. The van der Waals surface area contributed by atoms with Crippen LogP contribution in [0.4, 0.5) is 0 Å². The van der Waals surface area contributed by atoms with E-state index in [1.54, 1.807) is 29.2 Å². The van der Waals surface area contributed by atoms with Crippen LogP contribution in [0.2, 0.25) is 0 Å². The average molecular weight is 310 g/mol. The number of carbonyl (C=O) groups is 1. The van der Waals surface area contributed by atoms with Crippen molar-refractivity contribution in [2.45, 2.75) is 20.0 Å². The van der Waals surface area contributed by atoms with E-state index in [4.69, 9.17) is 4.42 Å². The van der Waals surface area contributed by atoms with Gasteiger partial charge in [-0.1, -0.05) is 12.1 Å². The van der Waals surface area contributed by atoms with E-state index < -0.39 is 0 Å². The molecule has 23 heavy (non-hydrogen) atoms. The molecule has 1 aromatic carbocycles. The number of amides is 1. The van der Waals surface area contributed by atoms with E-state index in [-0.39, 0.29) is 5.91 Å². The average Bonchev–Trinajstić information content (AvgIpc) is 3.20. The third-order valence-corrected chi connectivity index (χ3v) is 3.73. The summed E-state index contributed by atoms with van der Waals surface area (Å²) >= 11 is 0. The lowest BCUT2D eigenvalue weighted by atomic mass is 10.1. The molecule has 3 aromatic rings. The zero-order valence-electron chi connectivity index (χ0n) is 13.1. The summed E-state index contributed by atoms with van der Waals surface area (Å²) in [5.74, 6) is 0.825. The van der Waals surface area contributed by atoms with Gasteiger partial charge < -0.3 is 9.32 Å². The Balaban J connectivity index is 1.66. The highest BCUT2D eigenvalue weighted by molar-refractivity contribution is 5.94. The van der Waals surface area contributed by atoms with Crippen molar-refractivity contribution in [2.75, 3.05) is 7.05 Å². The van der Waals surface area contributed by atoms with Crippen LogP contribution in [0.25, 0.3) is 0 Å². The summed E-state index contributed by atoms with van der Waals surface area (Å²) in [6, 6.07) is 9.44. The lowest BCUT2D eigenvalue weighted by molar-refractivity contribution is 0.0784. The lowest BCUT2D eigenvalue weighted by Crippen LogP contribution is -2.26. The predicted molar refractivity (Wildman–Crippen MR) is 84.8 cm³/mol. The van der Waals surface area contributed by atoms with Crippen LogP contribution in [0.1, 0.15) is 27.2 Å². The summed E-state index contributed by atoms with van der Waals surface area (Å²) in [6.07, 6.45) is 4.81. The highest BCUT2D eigenvalue weighted by Crippen LogP contribution is 2.14. The van der Waals surface area contributed by atoms with Crippen LogP contribution in [0, 0.1) is 6.92 Å². The highest BCUT2D eigenvalue weighted by atomic mass is 16.3. The van der Waals surface area contributed by atoms with Crippen LogP contribution < -0.4 is 0 Å². The van der Waals surface area contributed by atoms with E-state index in [0.29, 0.717) is 18.7 Å². The summed E-state index contributed by atoms with van der Waals surface area (Å²) < 4.78 is 7.01. The molecule has 0 saturated carbocycles. The molecule has 6 nitrogen and oxygen atoms in total. The Kier molecular flexibility index (Phi) is 4.23. The van der Waals surface area contributed by atoms with Gasteiger partial charge in [-0.15, -0.1) is 0 Å². The molecule has 0 spiro atoms. The Morgan fingerprint density at radius 2 is 2.04 bits per heavy atom. The van der Waals surface area contributed by atoms with E-state index in [1.807, 2.05) is 37.3 Å². The Bertz CT molecular complexity index is 775. The van der Waals surface area contributed by atoms with Gasteiger partial charge in [-0.05, 0) is 30.7 Å². The van der Waals surface area contributed by atoms with Gasteiger partial charge in [-0.25, -0.2) is 9.67 Å². The first-order chi connectivity index (χ1) is 11.1. The van der Waals surface area contributed by atoms with Crippen molar-refractivity contribution in [1.82, 2.24) is 19.7 Å². The maximum Gasteiger partial charge on any atom is 0.253 e. The van der Waals surface area contributed by atoms with Crippen LogP contribution in [-0.4, -0.2) is 32.6 Å². The minimum atomic E-state index is -0.0158. The van der Waals surface area contributed by atoms with Crippen molar-refractivity contribution in [1.29, 1.82) is 0 Å². The van der Waals surface area contributed by atoms with Crippen LogP contribution in [-0.2, 0) is 13.1 Å². The second-order valence-electron chi connectivity index (χ2n) is 5.45. The van der Waals surface area contributed by atoms with Gasteiger partial charge in [0.25, 0.3) is 5.91 Å². The SMILES string of the molecule is Cc1occc1CN(C)C(=O)c1ccc(Cn2cncn2)cc1. The minimum absolute atomic E-state index is 0.0158. The van der Waals surface area contributed by atoms with Crippen molar-refractivity contribution in [3.8, 4) is 0 Å². The first-order valence-corrected chi connectivity index (χ1v) is 7.33. The predicted octanol–water partition coefficient (Wildman–Crippen LogP) is 2.50. The maximum atomic E-state index is 12.5. The number of benzene rings is 1. The molecule has 0 atom stereocenters. The molecule has 0 fully saturated rings. The van der Waals surface area contributed by atoms with Crippen molar-refractivity contribution in [3.05, 3.63) is 71.7 Å². The molecule has 0 unspecified atom stereocenters. The van der Waals surface area contributed by atoms with Gasteiger partial charge in [0.2, 0.25) is 0 Å². The Morgan fingerprint density at radius 3 is 2.65 bits per heavy atom. The lowest BCUT2D eigenvalue weighted by Gasteiger charge is -2.17. The first kappa shape index (κ1) is 15.0. The Morgan fingerprint density at radius 1 is 1.26 bits per heavy atom. The normalized spacial score (nSPS) is 10.7. The highest BCUT2D eigenvalue weighted by Gasteiger charge is 2.14. The van der Waals surface area contributed by atoms with E-state index in [0.717, 1.165) is 16.9 Å². The molecule has 0 radical (unpaired) electrons. The first-order valence-electron chi connectivity index (χ1n) is 7.33. The number of rotatable bonds is 5. The summed E-state index contributed by atoms with van der Waals surface area (Å²) in [6.45, 7) is 3.06. The van der Waals surface area contributed by atoms with E-state index in [2.05, 4.69) is 10.1 Å². The van der Waals surface area contributed by atoms with Gasteiger partial charge in [0.05, 0.1) is 12.8 Å². The second kappa shape index (κ2) is 6.48. The van der Waals surface area contributed by atoms with E-state index in [1.165, 1.54) is 6.33 Å². The van der Waals surface area contributed by atoms with Crippen LogP contribution in [0.3, 0.4) is 0 Å². The fraction of sp³-hybridized carbons (Fsp3) is 0.235. The minimum Gasteiger partial charge on any atom is -0.469 e. The van der Waals surface area contributed by atoms with Crippen LogP contribution in [0.5, 0.6) is 0 Å². The number of aryl methyl sites for hydroxylation is 1. The quantitative estimate of drug-likeness (QED) is 0.726. The van der Waals surface area contributed by atoms with E-state index >= 15 is 0 Å². The zero-order chi connectivity index (χ0) is 16.2. The van der Waals surface area contributed by atoms with Gasteiger partial charge in [0.15, 0.2) is 0 Å². The molecular formula is C17H18N4O2. The smallest absolute Gasteiger partial charge is 0.253 e. The summed E-state index contributed by atoms with van der Waals surface area (Å²) in [4.78, 5) is 18.1. The molecule has 2 heterocycles. The number of hydrogen-bond donors (Lipinski definition) is 0. The maximum absolute atomic E-state index is 12.5. The molecule has 0 saturated heterocycles. The monoisotopic (exact) mass is 310 g/mol. The van der Waals surface area contributed by atoms with Crippen molar-refractivity contribution in [3.63, 3.8) is 0 Å². The van der Waals surface area contributed by atoms with E-state index in [9.17, 15) is 4.79 Å². The number of aromatic nitrogens is 3. The molecule has 0 N–H and O–H groups in total. The molecule has 0 bridgehead atoms. The van der Waals surface area contributed by atoms with Gasteiger partial charge in [0.1, 0.15) is 18.4 Å². The molecule has 118 valence electrons. The molecule has 3 rings (SSSR count). The van der Waals surface area contributed by atoms with Crippen molar-refractivity contribution in [2.24, 2.45) is 0 Å². The van der Waals surface area contributed by atoms with Gasteiger partial charge in [-0.3, -0.25) is 4.79 Å². The topological polar surface area (TPSA) is 64.2 Å². The Labute approximate surface area is 134 Å². The molecular weight excluding hydrogens is 292 g/mol. The largest absolute Gasteiger partial charge is 0.469 e. The van der Waals surface area contributed by atoms with Gasteiger partial charge in [-0.2, -0.15) is 5.10 Å². The molecule has 0 aliphatic carbocycles. The van der Waals surface area contributed by atoms with Crippen LogP contribution >= 0.6 is 0 Å². The molecule has 0 aliphatic heterocycles. The fourth-order valence-corrected chi connectivity index (χ4v) is 2.38. The van der Waals surface area contributed by atoms with Crippen LogP contribution in [0.15, 0.2) is 53.7 Å². The second-order valence-corrected chi connectivity index (χ2v) is 5.45. The van der Waals surface area contributed by atoms with Gasteiger partial charge >= 0.3 is 0 Å². The standard InChI is InChI=1S/C17H18N4O2/c1-13-16(7-8-23-13)10-20(2)17(22)15-5-3-14(4-6-15)9-21-12-18-11-19-21/h3-8,11-12H,9-10H2,1-2H3. The number of carbonyl (C=O) groups excluding carboxylic acids is 1. The third-order valence-electron chi connectivity index (χ3n) is 3.73. The molecule has 2 aromatic heterocycles. The summed E-state index contributed by atoms with van der Waals surface area (Å²) in [5, 5.41) is 4.07. The number of nitrogens with zero attached hydrogens (tertiary/aromatic N) is 4. The third kappa shape index (κ3) is 3.48. The molecule has 1 amide bonds. The van der Waals surface area contributed by atoms with Crippen molar-refractivity contribution < 1.29 is 9.21 Å². The summed E-state index contributed by atoms with van der Waals surface area (Å²) in [7, 11) is 1.79. The Hall–Kier alpha value is -2.89. The number of furan rings is 1. The molecule has 6 heteroatoms. The van der Waals surface area contributed by atoms with Gasteiger partial charge in [0, 0.05) is 24.7 Å².